The Morgan fingerprint density at radius 1 is 1.22 bits per heavy atom. The molecule has 1 fully saturated rings. The van der Waals surface area contributed by atoms with Crippen LogP contribution in [0.1, 0.15) is 26.3 Å². The van der Waals surface area contributed by atoms with Gasteiger partial charge in [-0.05, 0) is 12.5 Å². The highest BCUT2D eigenvalue weighted by molar-refractivity contribution is 5.13. The van der Waals surface area contributed by atoms with Crippen LogP contribution in [0.3, 0.4) is 0 Å². The molecule has 1 aromatic rings. The van der Waals surface area contributed by atoms with Crippen molar-refractivity contribution in [3.8, 4) is 0 Å². The van der Waals surface area contributed by atoms with Crippen LogP contribution in [0.25, 0.3) is 0 Å². The van der Waals surface area contributed by atoms with Crippen molar-refractivity contribution in [1.29, 1.82) is 0 Å². The van der Waals surface area contributed by atoms with Gasteiger partial charge >= 0.3 is 0 Å². The molecule has 2 rings (SSSR count). The minimum Gasteiger partial charge on any atom is -0.366 e. The fourth-order valence-corrected chi connectivity index (χ4v) is 1.91. The summed E-state index contributed by atoms with van der Waals surface area (Å²) in [6, 6.07) is 10.2. The maximum atomic E-state index is 5.93. The third-order valence-corrected chi connectivity index (χ3v) is 3.08. The molecule has 0 spiro atoms. The van der Waals surface area contributed by atoms with Crippen molar-refractivity contribution in [3.05, 3.63) is 35.9 Å². The van der Waals surface area contributed by atoms with Crippen LogP contribution in [0, 0.1) is 5.92 Å². The van der Waals surface area contributed by atoms with Gasteiger partial charge < -0.3 is 14.2 Å². The Labute approximate surface area is 109 Å². The zero-order valence-corrected chi connectivity index (χ0v) is 11.4. The quantitative estimate of drug-likeness (QED) is 0.822. The van der Waals surface area contributed by atoms with E-state index in [1.54, 1.807) is 0 Å². The SMILES string of the molecule is CC(C)C1OCC(C)(OCc2ccccc2)CO1. The molecule has 0 atom stereocenters. The summed E-state index contributed by atoms with van der Waals surface area (Å²) in [5.41, 5.74) is 0.825. The summed E-state index contributed by atoms with van der Waals surface area (Å²) < 4.78 is 17.3. The fourth-order valence-electron chi connectivity index (χ4n) is 1.91. The van der Waals surface area contributed by atoms with Crippen LogP contribution < -0.4 is 0 Å². The Bertz CT molecular complexity index is 353. The zero-order chi connectivity index (χ0) is 13.0. The second kappa shape index (κ2) is 5.83. The maximum absolute atomic E-state index is 5.93. The van der Waals surface area contributed by atoms with Crippen molar-refractivity contribution in [3.63, 3.8) is 0 Å². The van der Waals surface area contributed by atoms with Gasteiger partial charge in [0.25, 0.3) is 0 Å². The van der Waals surface area contributed by atoms with Crippen LogP contribution >= 0.6 is 0 Å². The topological polar surface area (TPSA) is 27.7 Å². The van der Waals surface area contributed by atoms with E-state index in [1.807, 2.05) is 25.1 Å². The van der Waals surface area contributed by atoms with Crippen molar-refractivity contribution in [2.75, 3.05) is 13.2 Å². The molecule has 18 heavy (non-hydrogen) atoms. The monoisotopic (exact) mass is 250 g/mol. The first kappa shape index (κ1) is 13.5. The predicted octanol–water partition coefficient (Wildman–Crippen LogP) is 2.99. The molecular weight excluding hydrogens is 228 g/mol. The third kappa shape index (κ3) is 3.55. The molecule has 0 radical (unpaired) electrons. The minimum absolute atomic E-state index is 0.0987. The van der Waals surface area contributed by atoms with Gasteiger partial charge in [-0.1, -0.05) is 44.2 Å². The number of hydrogen-bond acceptors (Lipinski definition) is 3. The molecule has 1 aromatic carbocycles. The second-order valence-electron chi connectivity index (χ2n) is 5.46. The van der Waals surface area contributed by atoms with Gasteiger partial charge in [-0.3, -0.25) is 0 Å². The lowest BCUT2D eigenvalue weighted by molar-refractivity contribution is -0.275. The van der Waals surface area contributed by atoms with Crippen molar-refractivity contribution >= 4 is 0 Å². The molecule has 3 nitrogen and oxygen atoms in total. The molecule has 1 aliphatic heterocycles. The van der Waals surface area contributed by atoms with E-state index in [0.29, 0.717) is 25.7 Å². The molecule has 0 saturated carbocycles. The average molecular weight is 250 g/mol. The summed E-state index contributed by atoms with van der Waals surface area (Å²) in [7, 11) is 0. The van der Waals surface area contributed by atoms with Crippen molar-refractivity contribution in [2.24, 2.45) is 5.92 Å². The lowest BCUT2D eigenvalue weighted by Gasteiger charge is -2.38. The lowest BCUT2D eigenvalue weighted by atomic mass is 10.1. The van der Waals surface area contributed by atoms with Crippen LogP contribution in [0.4, 0.5) is 0 Å². The molecule has 1 saturated heterocycles. The van der Waals surface area contributed by atoms with Crippen LogP contribution in [0.5, 0.6) is 0 Å². The van der Waals surface area contributed by atoms with Gasteiger partial charge in [-0.15, -0.1) is 0 Å². The highest BCUT2D eigenvalue weighted by Gasteiger charge is 2.34. The van der Waals surface area contributed by atoms with Crippen LogP contribution in [-0.4, -0.2) is 25.1 Å². The molecular formula is C15H22O3. The van der Waals surface area contributed by atoms with Crippen LogP contribution in [0.2, 0.25) is 0 Å². The molecule has 0 bridgehead atoms. The van der Waals surface area contributed by atoms with E-state index in [0.717, 1.165) is 0 Å². The summed E-state index contributed by atoms with van der Waals surface area (Å²) in [5, 5.41) is 0. The lowest BCUT2D eigenvalue weighted by Crippen LogP contribution is -2.48. The second-order valence-corrected chi connectivity index (χ2v) is 5.46. The normalized spacial score (nSPS) is 28.6. The van der Waals surface area contributed by atoms with Gasteiger partial charge in [0.15, 0.2) is 6.29 Å². The van der Waals surface area contributed by atoms with E-state index in [-0.39, 0.29) is 11.9 Å². The Morgan fingerprint density at radius 2 is 1.83 bits per heavy atom. The molecule has 3 heteroatoms. The summed E-state index contributed by atoms with van der Waals surface area (Å²) in [6.45, 7) is 7.99. The zero-order valence-electron chi connectivity index (χ0n) is 11.4. The van der Waals surface area contributed by atoms with E-state index < -0.39 is 0 Å². The molecule has 0 N–H and O–H groups in total. The Morgan fingerprint density at radius 3 is 2.39 bits per heavy atom. The number of hydrogen-bond donors (Lipinski definition) is 0. The van der Waals surface area contributed by atoms with Gasteiger partial charge in [0.05, 0.1) is 19.8 Å². The van der Waals surface area contributed by atoms with Gasteiger partial charge in [0.2, 0.25) is 0 Å². The predicted molar refractivity (Wildman–Crippen MR) is 70.2 cm³/mol. The van der Waals surface area contributed by atoms with Gasteiger partial charge in [0, 0.05) is 5.92 Å². The molecule has 0 aromatic heterocycles. The van der Waals surface area contributed by atoms with Gasteiger partial charge in [-0.25, -0.2) is 0 Å². The standard InChI is InChI=1S/C15H22O3/c1-12(2)14-16-10-15(3,11-17-14)18-9-13-7-5-4-6-8-13/h4-8,12,14H,9-11H2,1-3H3. The average Bonchev–Trinajstić information content (AvgIpc) is 2.38. The Kier molecular flexibility index (Phi) is 4.38. The smallest absolute Gasteiger partial charge is 0.160 e. The van der Waals surface area contributed by atoms with E-state index in [4.69, 9.17) is 14.2 Å². The third-order valence-electron chi connectivity index (χ3n) is 3.08. The highest BCUT2D eigenvalue weighted by Crippen LogP contribution is 2.24. The summed E-state index contributed by atoms with van der Waals surface area (Å²) >= 11 is 0. The van der Waals surface area contributed by atoms with Crippen LogP contribution in [-0.2, 0) is 20.8 Å². The number of ether oxygens (including phenoxy) is 3. The van der Waals surface area contributed by atoms with E-state index in [2.05, 4.69) is 26.0 Å². The minimum atomic E-state index is -0.346. The molecule has 1 aliphatic rings. The summed E-state index contributed by atoms with van der Waals surface area (Å²) in [5.74, 6) is 0.378. The first-order chi connectivity index (χ1) is 8.59. The van der Waals surface area contributed by atoms with E-state index >= 15 is 0 Å². The maximum Gasteiger partial charge on any atom is 0.160 e. The fraction of sp³-hybridized carbons (Fsp3) is 0.600. The summed E-state index contributed by atoms with van der Waals surface area (Å²) in [4.78, 5) is 0. The van der Waals surface area contributed by atoms with Crippen molar-refractivity contribution < 1.29 is 14.2 Å². The first-order valence-corrected chi connectivity index (χ1v) is 6.50. The molecule has 0 unspecified atom stereocenters. The van der Waals surface area contributed by atoms with E-state index in [1.165, 1.54) is 5.56 Å². The Hall–Kier alpha value is -0.900. The van der Waals surface area contributed by atoms with E-state index in [9.17, 15) is 0 Å². The summed E-state index contributed by atoms with van der Waals surface area (Å²) in [6.07, 6.45) is -0.0987. The largest absolute Gasteiger partial charge is 0.366 e. The molecule has 1 heterocycles. The first-order valence-electron chi connectivity index (χ1n) is 6.50. The van der Waals surface area contributed by atoms with Gasteiger partial charge in [0.1, 0.15) is 5.60 Å². The van der Waals surface area contributed by atoms with Crippen molar-refractivity contribution in [1.82, 2.24) is 0 Å². The van der Waals surface area contributed by atoms with Gasteiger partial charge in [-0.2, -0.15) is 0 Å². The number of rotatable bonds is 4. The highest BCUT2D eigenvalue weighted by atomic mass is 16.7. The van der Waals surface area contributed by atoms with Crippen molar-refractivity contribution in [2.45, 2.75) is 39.3 Å². The Balaban J connectivity index is 1.83. The number of benzene rings is 1. The van der Waals surface area contributed by atoms with Crippen LogP contribution in [0.15, 0.2) is 30.3 Å². The molecule has 0 aliphatic carbocycles. The molecule has 0 amide bonds. The molecule has 100 valence electrons.